The number of pyridine rings is 1. The summed E-state index contributed by atoms with van der Waals surface area (Å²) in [5.74, 6) is 0.719. The Morgan fingerprint density at radius 2 is 1.00 bits per heavy atom. The highest BCUT2D eigenvalue weighted by Gasteiger charge is 2.12. The van der Waals surface area contributed by atoms with E-state index in [0.29, 0.717) is 0 Å². The van der Waals surface area contributed by atoms with Crippen molar-refractivity contribution in [3.8, 4) is 56.2 Å². The summed E-state index contributed by atoms with van der Waals surface area (Å²) in [6.45, 7) is 0. The van der Waals surface area contributed by atoms with Gasteiger partial charge in [0.15, 0.2) is 5.82 Å². The second-order valence-electron chi connectivity index (χ2n) is 9.75. The van der Waals surface area contributed by atoms with Gasteiger partial charge in [-0.1, -0.05) is 109 Å². The van der Waals surface area contributed by atoms with E-state index in [2.05, 4.69) is 108 Å². The van der Waals surface area contributed by atoms with E-state index in [1.807, 2.05) is 48.8 Å². The van der Waals surface area contributed by atoms with Gasteiger partial charge in [-0.2, -0.15) is 0 Å². The van der Waals surface area contributed by atoms with Gasteiger partial charge in [-0.05, 0) is 63.4 Å². The molecule has 0 unspecified atom stereocenters. The van der Waals surface area contributed by atoms with E-state index < -0.39 is 0 Å². The summed E-state index contributed by atoms with van der Waals surface area (Å²) in [6, 6.07) is 48.4. The molecule has 3 nitrogen and oxygen atoms in total. The highest BCUT2D eigenvalue weighted by molar-refractivity contribution is 5.98. The molecule has 2 aromatic heterocycles. The topological polar surface area (TPSA) is 38.7 Å². The van der Waals surface area contributed by atoms with E-state index in [4.69, 9.17) is 9.97 Å². The first-order valence-electron chi connectivity index (χ1n) is 13.4. The molecular formula is C37H25N3. The highest BCUT2D eigenvalue weighted by Crippen LogP contribution is 2.34. The lowest BCUT2D eigenvalue weighted by molar-refractivity contribution is 1.18. The lowest BCUT2D eigenvalue weighted by atomic mass is 9.95. The Morgan fingerprint density at radius 1 is 0.375 bits per heavy atom. The van der Waals surface area contributed by atoms with E-state index in [0.717, 1.165) is 39.5 Å². The number of aromatic nitrogens is 3. The quantitative estimate of drug-likeness (QED) is 0.231. The highest BCUT2D eigenvalue weighted by atomic mass is 14.9. The Kier molecular flexibility index (Phi) is 6.15. The number of hydrogen-bond acceptors (Lipinski definition) is 3. The van der Waals surface area contributed by atoms with E-state index in [-0.39, 0.29) is 0 Å². The summed E-state index contributed by atoms with van der Waals surface area (Å²) in [6.07, 6.45) is 3.68. The van der Waals surface area contributed by atoms with Crippen molar-refractivity contribution >= 4 is 10.8 Å². The second-order valence-corrected chi connectivity index (χ2v) is 9.75. The first kappa shape index (κ1) is 23.7. The molecule has 0 fully saturated rings. The molecule has 0 spiro atoms. The molecule has 188 valence electrons. The summed E-state index contributed by atoms with van der Waals surface area (Å²) in [5, 5.41) is 2.43. The van der Waals surface area contributed by atoms with Gasteiger partial charge in [-0.15, -0.1) is 0 Å². The normalized spacial score (nSPS) is 11.0. The van der Waals surface area contributed by atoms with Crippen LogP contribution in [-0.4, -0.2) is 15.0 Å². The van der Waals surface area contributed by atoms with Crippen LogP contribution in [0.25, 0.3) is 66.9 Å². The van der Waals surface area contributed by atoms with Gasteiger partial charge < -0.3 is 0 Å². The van der Waals surface area contributed by atoms with Gasteiger partial charge in [0.25, 0.3) is 0 Å². The smallest absolute Gasteiger partial charge is 0.160 e. The molecular weight excluding hydrogens is 486 g/mol. The molecule has 0 aliphatic carbocycles. The zero-order valence-electron chi connectivity index (χ0n) is 21.8. The molecule has 40 heavy (non-hydrogen) atoms. The van der Waals surface area contributed by atoms with Crippen LogP contribution < -0.4 is 0 Å². The molecule has 0 N–H and O–H groups in total. The molecule has 0 radical (unpaired) electrons. The summed E-state index contributed by atoms with van der Waals surface area (Å²) < 4.78 is 0. The van der Waals surface area contributed by atoms with Crippen LogP contribution in [0.1, 0.15) is 0 Å². The molecule has 0 saturated heterocycles. The lowest BCUT2D eigenvalue weighted by Gasteiger charge is -2.12. The van der Waals surface area contributed by atoms with Crippen molar-refractivity contribution in [3.05, 3.63) is 152 Å². The lowest BCUT2D eigenvalue weighted by Crippen LogP contribution is -1.96. The van der Waals surface area contributed by atoms with Crippen molar-refractivity contribution < 1.29 is 0 Å². The molecule has 5 aromatic carbocycles. The van der Waals surface area contributed by atoms with Crippen LogP contribution in [0.3, 0.4) is 0 Å². The summed E-state index contributed by atoms with van der Waals surface area (Å²) >= 11 is 0. The van der Waals surface area contributed by atoms with Gasteiger partial charge in [0.05, 0.1) is 11.4 Å². The minimum absolute atomic E-state index is 0.719. The van der Waals surface area contributed by atoms with Crippen molar-refractivity contribution in [2.24, 2.45) is 0 Å². The predicted octanol–water partition coefficient (Wildman–Crippen LogP) is 9.36. The Bertz CT molecular complexity index is 1870. The third-order valence-corrected chi connectivity index (χ3v) is 7.19. The van der Waals surface area contributed by atoms with Crippen LogP contribution in [0.5, 0.6) is 0 Å². The van der Waals surface area contributed by atoms with Gasteiger partial charge in [-0.25, -0.2) is 9.97 Å². The first-order chi connectivity index (χ1) is 19.8. The molecule has 0 bridgehead atoms. The number of hydrogen-bond donors (Lipinski definition) is 0. The fourth-order valence-electron chi connectivity index (χ4n) is 5.17. The number of benzene rings is 5. The second kappa shape index (κ2) is 10.4. The zero-order chi connectivity index (χ0) is 26.7. The minimum Gasteiger partial charge on any atom is -0.265 e. The van der Waals surface area contributed by atoms with Crippen LogP contribution in [-0.2, 0) is 0 Å². The SMILES string of the molecule is c1ccc(-c2cc(-c3cccc(-c4ccc5c(-c6ccncc6)cccc5c4)c3)nc(-c3ccccc3)n2)cc1. The third kappa shape index (κ3) is 4.65. The fourth-order valence-corrected chi connectivity index (χ4v) is 5.17. The van der Waals surface area contributed by atoms with E-state index in [9.17, 15) is 0 Å². The Labute approximate surface area is 233 Å². The predicted molar refractivity (Wildman–Crippen MR) is 165 cm³/mol. The van der Waals surface area contributed by atoms with Gasteiger partial charge in [-0.3, -0.25) is 4.98 Å². The van der Waals surface area contributed by atoms with Crippen LogP contribution in [0.2, 0.25) is 0 Å². The van der Waals surface area contributed by atoms with Crippen LogP contribution in [0.4, 0.5) is 0 Å². The van der Waals surface area contributed by atoms with Crippen molar-refractivity contribution in [2.45, 2.75) is 0 Å². The Hall–Kier alpha value is -5.41. The largest absolute Gasteiger partial charge is 0.265 e. The van der Waals surface area contributed by atoms with Crippen LogP contribution in [0.15, 0.2) is 152 Å². The third-order valence-electron chi connectivity index (χ3n) is 7.19. The number of nitrogens with zero attached hydrogens (tertiary/aromatic N) is 3. The maximum Gasteiger partial charge on any atom is 0.160 e. The van der Waals surface area contributed by atoms with E-state index in [1.54, 1.807) is 0 Å². The Morgan fingerprint density at radius 3 is 1.77 bits per heavy atom. The van der Waals surface area contributed by atoms with Crippen molar-refractivity contribution in [1.82, 2.24) is 15.0 Å². The van der Waals surface area contributed by atoms with Gasteiger partial charge in [0.2, 0.25) is 0 Å². The molecule has 0 amide bonds. The molecule has 0 atom stereocenters. The van der Waals surface area contributed by atoms with E-state index >= 15 is 0 Å². The van der Waals surface area contributed by atoms with Gasteiger partial charge >= 0.3 is 0 Å². The van der Waals surface area contributed by atoms with E-state index in [1.165, 1.54) is 27.5 Å². The minimum atomic E-state index is 0.719. The molecule has 2 heterocycles. The van der Waals surface area contributed by atoms with Gasteiger partial charge in [0, 0.05) is 29.1 Å². The van der Waals surface area contributed by atoms with Crippen molar-refractivity contribution in [1.29, 1.82) is 0 Å². The molecule has 0 aliphatic rings. The van der Waals surface area contributed by atoms with Crippen LogP contribution >= 0.6 is 0 Å². The van der Waals surface area contributed by atoms with Crippen LogP contribution in [0, 0.1) is 0 Å². The number of rotatable bonds is 5. The fraction of sp³-hybridized carbons (Fsp3) is 0. The molecule has 3 heteroatoms. The molecule has 7 rings (SSSR count). The monoisotopic (exact) mass is 511 g/mol. The maximum absolute atomic E-state index is 5.01. The molecule has 7 aromatic rings. The van der Waals surface area contributed by atoms with Crippen molar-refractivity contribution in [2.75, 3.05) is 0 Å². The van der Waals surface area contributed by atoms with Crippen molar-refractivity contribution in [3.63, 3.8) is 0 Å². The average molecular weight is 512 g/mol. The Balaban J connectivity index is 1.32. The summed E-state index contributed by atoms with van der Waals surface area (Å²) in [4.78, 5) is 14.1. The maximum atomic E-state index is 5.01. The molecule has 0 aliphatic heterocycles. The standard InChI is InChI=1S/C37H25N3/c1-3-9-27(10-4-1)35-25-36(40-37(39-35)28-11-5-2-6-12-28)32-15-7-13-29(24-32)30-17-18-34-31(23-30)14-8-16-33(34)26-19-21-38-22-20-26/h1-25H. The first-order valence-corrected chi connectivity index (χ1v) is 13.4. The summed E-state index contributed by atoms with van der Waals surface area (Å²) in [7, 11) is 0. The zero-order valence-corrected chi connectivity index (χ0v) is 21.8. The van der Waals surface area contributed by atoms with Gasteiger partial charge in [0.1, 0.15) is 0 Å². The average Bonchev–Trinajstić information content (AvgIpc) is 3.05. The number of fused-ring (bicyclic) bond motifs is 1. The summed E-state index contributed by atoms with van der Waals surface area (Å²) in [5.41, 5.74) is 9.62. The molecule has 0 saturated carbocycles.